The summed E-state index contributed by atoms with van der Waals surface area (Å²) >= 11 is 0. The Morgan fingerprint density at radius 2 is 2.12 bits per heavy atom. The standard InChI is InChI=1S/C25H21N3O6/c1-3-7-25(34-21(30)10-26)18-9-20-22-16(11-28(20)23(31)17(18)12-33-24(25)32)14(4-2)15-8-13(29)5-6-19(15)27-22/h5-6,8-9,29H,4,10-12,26H2,1-2H3/t25-/m0/s1. The predicted octanol–water partition coefficient (Wildman–Crippen LogP) is 1.47. The largest absolute Gasteiger partial charge is 0.508 e. The van der Waals surface area contributed by atoms with E-state index in [1.807, 2.05) is 6.92 Å². The molecule has 2 aliphatic heterocycles. The summed E-state index contributed by atoms with van der Waals surface area (Å²) in [6, 6.07) is 6.57. The van der Waals surface area contributed by atoms with Gasteiger partial charge >= 0.3 is 11.9 Å². The molecule has 3 N–H and O–H groups in total. The van der Waals surface area contributed by atoms with E-state index in [0.717, 1.165) is 16.5 Å². The number of phenols is 1. The van der Waals surface area contributed by atoms with E-state index in [1.54, 1.807) is 28.8 Å². The van der Waals surface area contributed by atoms with Crippen molar-refractivity contribution in [3.8, 4) is 29.0 Å². The second-order valence-corrected chi connectivity index (χ2v) is 8.10. The average Bonchev–Trinajstić information content (AvgIpc) is 3.19. The van der Waals surface area contributed by atoms with Gasteiger partial charge in [-0.15, -0.1) is 5.92 Å². The van der Waals surface area contributed by atoms with Gasteiger partial charge in [-0.25, -0.2) is 9.78 Å². The number of carbonyl (C=O) groups excluding carboxylic acids is 2. The van der Waals surface area contributed by atoms with E-state index in [-0.39, 0.29) is 35.6 Å². The first-order chi connectivity index (χ1) is 16.3. The maximum atomic E-state index is 13.6. The molecule has 9 heteroatoms. The number of cyclic esters (lactones) is 1. The van der Waals surface area contributed by atoms with Crippen molar-refractivity contribution in [3.63, 3.8) is 0 Å². The highest BCUT2D eigenvalue weighted by Crippen LogP contribution is 2.41. The zero-order valence-electron chi connectivity index (χ0n) is 18.6. The minimum Gasteiger partial charge on any atom is -0.508 e. The number of ether oxygens (including phenoxy) is 2. The van der Waals surface area contributed by atoms with Gasteiger partial charge in [0.25, 0.3) is 11.2 Å². The lowest BCUT2D eigenvalue weighted by atomic mass is 9.88. The second-order valence-electron chi connectivity index (χ2n) is 8.10. The van der Waals surface area contributed by atoms with Crippen LogP contribution in [-0.2, 0) is 44.2 Å². The molecule has 9 nitrogen and oxygen atoms in total. The number of aryl methyl sites for hydroxylation is 1. The highest BCUT2D eigenvalue weighted by molar-refractivity contribution is 5.92. The van der Waals surface area contributed by atoms with Crippen LogP contribution in [0.4, 0.5) is 0 Å². The van der Waals surface area contributed by atoms with Gasteiger partial charge in [-0.1, -0.05) is 6.92 Å². The number of rotatable bonds is 3. The molecule has 2 aromatic heterocycles. The van der Waals surface area contributed by atoms with Crippen molar-refractivity contribution in [2.45, 2.75) is 39.0 Å². The molecular weight excluding hydrogens is 438 g/mol. The van der Waals surface area contributed by atoms with Gasteiger partial charge in [0.05, 0.1) is 35.6 Å². The smallest absolute Gasteiger partial charge is 0.369 e. The Kier molecular flexibility index (Phi) is 4.92. The molecule has 0 saturated carbocycles. The number of nitrogens with zero attached hydrogens (tertiary/aromatic N) is 2. The van der Waals surface area contributed by atoms with Crippen LogP contribution < -0.4 is 11.3 Å². The van der Waals surface area contributed by atoms with Crippen molar-refractivity contribution >= 4 is 22.8 Å². The predicted molar refractivity (Wildman–Crippen MR) is 122 cm³/mol. The minimum atomic E-state index is -2.09. The molecular formula is C25H21N3O6. The first kappa shape index (κ1) is 21.7. The Hall–Kier alpha value is -4.16. The highest BCUT2D eigenvalue weighted by atomic mass is 16.6. The third kappa shape index (κ3) is 2.92. The third-order valence-electron chi connectivity index (χ3n) is 6.25. The maximum absolute atomic E-state index is 13.6. The summed E-state index contributed by atoms with van der Waals surface area (Å²) in [5, 5.41) is 10.8. The lowest BCUT2D eigenvalue weighted by molar-refractivity contribution is -0.179. The van der Waals surface area contributed by atoms with Crippen LogP contribution in [0.15, 0.2) is 29.1 Å². The number of phenolic OH excluding ortho intramolecular Hbond substituents is 1. The Morgan fingerprint density at radius 1 is 1.32 bits per heavy atom. The van der Waals surface area contributed by atoms with Crippen LogP contribution in [0.2, 0.25) is 0 Å². The molecule has 3 aromatic rings. The number of carbonyl (C=O) groups is 2. The summed E-state index contributed by atoms with van der Waals surface area (Å²) in [5.41, 5.74) is 6.88. The van der Waals surface area contributed by atoms with E-state index in [2.05, 4.69) is 11.8 Å². The molecule has 0 spiro atoms. The summed E-state index contributed by atoms with van der Waals surface area (Å²) in [6.45, 7) is 3.04. The maximum Gasteiger partial charge on any atom is 0.369 e. The van der Waals surface area contributed by atoms with Crippen molar-refractivity contribution < 1.29 is 24.2 Å². The molecule has 5 rings (SSSR count). The Morgan fingerprint density at radius 3 is 2.82 bits per heavy atom. The Labute approximate surface area is 194 Å². The van der Waals surface area contributed by atoms with Crippen molar-refractivity contribution in [1.29, 1.82) is 0 Å². The van der Waals surface area contributed by atoms with Crippen molar-refractivity contribution in [2.24, 2.45) is 5.73 Å². The van der Waals surface area contributed by atoms with Gasteiger partial charge in [-0.3, -0.25) is 9.59 Å². The Bertz CT molecular complexity index is 1530. The van der Waals surface area contributed by atoms with Crippen LogP contribution in [0, 0.1) is 11.8 Å². The van der Waals surface area contributed by atoms with Crippen LogP contribution in [0.25, 0.3) is 22.3 Å². The summed E-state index contributed by atoms with van der Waals surface area (Å²) in [6.07, 6.45) is 0.661. The van der Waals surface area contributed by atoms with Crippen LogP contribution in [0.5, 0.6) is 5.75 Å². The van der Waals surface area contributed by atoms with Gasteiger partial charge in [0, 0.05) is 16.5 Å². The SMILES string of the molecule is CC#C[C@@]1(OC(=O)CN)C(=O)OCc2c1cc1n(c2=O)Cc2c-1nc1ccc(O)cc1c2CC. The van der Waals surface area contributed by atoms with Crippen LogP contribution >= 0.6 is 0 Å². The quantitative estimate of drug-likeness (QED) is 0.348. The molecule has 0 saturated heterocycles. The van der Waals surface area contributed by atoms with Crippen LogP contribution in [-0.4, -0.2) is 33.1 Å². The summed E-state index contributed by atoms with van der Waals surface area (Å²) < 4.78 is 12.2. The van der Waals surface area contributed by atoms with E-state index < -0.39 is 24.1 Å². The van der Waals surface area contributed by atoms with Crippen LogP contribution in [0.3, 0.4) is 0 Å². The normalized spacial score (nSPS) is 17.8. The number of nitrogens with two attached hydrogens (primary N) is 1. The van der Waals surface area contributed by atoms with E-state index in [9.17, 15) is 19.5 Å². The number of hydrogen-bond acceptors (Lipinski definition) is 8. The monoisotopic (exact) mass is 459 g/mol. The number of hydrogen-bond donors (Lipinski definition) is 2. The molecule has 0 unspecified atom stereocenters. The number of pyridine rings is 2. The molecule has 0 radical (unpaired) electrons. The molecule has 0 amide bonds. The second kappa shape index (κ2) is 7.71. The fraction of sp³-hybridized carbons (Fsp3) is 0.280. The zero-order valence-corrected chi connectivity index (χ0v) is 18.6. The lowest BCUT2D eigenvalue weighted by Gasteiger charge is -2.32. The van der Waals surface area contributed by atoms with Crippen molar-refractivity contribution in [3.05, 3.63) is 56.9 Å². The molecule has 4 heterocycles. The Balaban J connectivity index is 1.82. The van der Waals surface area contributed by atoms with Gasteiger partial charge in [0.2, 0.25) is 0 Å². The lowest BCUT2D eigenvalue weighted by Crippen LogP contribution is -2.47. The molecule has 34 heavy (non-hydrogen) atoms. The number of aromatic nitrogens is 2. The van der Waals surface area contributed by atoms with Crippen LogP contribution in [0.1, 0.15) is 36.1 Å². The molecule has 1 atom stereocenters. The number of aromatic hydroxyl groups is 1. The van der Waals surface area contributed by atoms with Gasteiger partial charge < -0.3 is 24.9 Å². The first-order valence-electron chi connectivity index (χ1n) is 10.8. The fourth-order valence-electron chi connectivity index (χ4n) is 4.78. The van der Waals surface area contributed by atoms with Gasteiger partial charge in [-0.2, -0.15) is 0 Å². The highest BCUT2D eigenvalue weighted by Gasteiger charge is 2.51. The molecule has 1 aromatic carbocycles. The molecule has 172 valence electrons. The fourth-order valence-corrected chi connectivity index (χ4v) is 4.78. The van der Waals surface area contributed by atoms with Crippen molar-refractivity contribution in [1.82, 2.24) is 9.55 Å². The molecule has 0 fully saturated rings. The van der Waals surface area contributed by atoms with E-state index in [0.29, 0.717) is 23.3 Å². The number of benzene rings is 1. The molecule has 2 aliphatic rings. The molecule has 0 aliphatic carbocycles. The van der Waals surface area contributed by atoms with Gasteiger partial charge in [0.15, 0.2) is 0 Å². The van der Waals surface area contributed by atoms with E-state index in [4.69, 9.17) is 20.2 Å². The minimum absolute atomic E-state index is 0.132. The number of esters is 2. The topological polar surface area (TPSA) is 134 Å². The number of fused-ring (bicyclic) bond motifs is 5. The van der Waals surface area contributed by atoms with E-state index in [1.165, 1.54) is 6.92 Å². The van der Waals surface area contributed by atoms with Crippen molar-refractivity contribution in [2.75, 3.05) is 6.54 Å². The third-order valence-corrected chi connectivity index (χ3v) is 6.25. The zero-order chi connectivity index (χ0) is 24.2. The molecule has 0 bridgehead atoms. The van der Waals surface area contributed by atoms with Gasteiger partial charge in [-0.05, 0) is 49.1 Å². The van der Waals surface area contributed by atoms with Gasteiger partial charge in [0.1, 0.15) is 12.4 Å². The average molecular weight is 459 g/mol. The van der Waals surface area contributed by atoms with E-state index >= 15 is 0 Å². The first-order valence-corrected chi connectivity index (χ1v) is 10.8. The summed E-state index contributed by atoms with van der Waals surface area (Å²) in [5.74, 6) is 3.66. The summed E-state index contributed by atoms with van der Waals surface area (Å²) in [4.78, 5) is 43.4. The summed E-state index contributed by atoms with van der Waals surface area (Å²) in [7, 11) is 0.